The van der Waals surface area contributed by atoms with Gasteiger partial charge in [0.2, 0.25) is 11.8 Å². The van der Waals surface area contributed by atoms with Crippen molar-refractivity contribution >= 4 is 11.6 Å². The first kappa shape index (κ1) is 14.1. The van der Waals surface area contributed by atoms with E-state index in [1.54, 1.807) is 4.68 Å². The smallest absolute Gasteiger partial charge is 0.242 e. The normalized spacial score (nSPS) is 10.8. The van der Waals surface area contributed by atoms with E-state index in [1.807, 2.05) is 27.7 Å². The number of rotatable bonds is 4. The molecule has 0 aliphatic rings. The zero-order valence-electron chi connectivity index (χ0n) is 12.1. The maximum Gasteiger partial charge on any atom is 0.242 e. The number of oxazole rings is 1. The molecule has 0 aromatic carbocycles. The molecule has 0 unspecified atom stereocenters. The summed E-state index contributed by atoms with van der Waals surface area (Å²) in [5, 5.41) is 6.96. The molecule has 0 radical (unpaired) electrons. The molecule has 0 spiro atoms. The number of carbonyl (C=O) groups excluding carboxylic acids is 1. The van der Waals surface area contributed by atoms with Crippen LogP contribution in [0.2, 0.25) is 0 Å². The molecular weight excluding hydrogens is 258 g/mol. The van der Waals surface area contributed by atoms with Crippen LogP contribution in [0.4, 0.5) is 5.69 Å². The molecular formula is C13H19N5O2. The number of aryl methyl sites for hydroxylation is 3. The Morgan fingerprint density at radius 1 is 1.30 bits per heavy atom. The van der Waals surface area contributed by atoms with Crippen LogP contribution in [0.15, 0.2) is 4.42 Å². The molecule has 108 valence electrons. The Morgan fingerprint density at radius 2 is 2.00 bits per heavy atom. The highest BCUT2D eigenvalue weighted by Gasteiger charge is 2.12. The van der Waals surface area contributed by atoms with Gasteiger partial charge < -0.3 is 15.5 Å². The number of hydrogen-bond donors (Lipinski definition) is 2. The zero-order chi connectivity index (χ0) is 14.9. The summed E-state index contributed by atoms with van der Waals surface area (Å²) in [5.74, 6) is 1.10. The molecule has 0 aliphatic carbocycles. The summed E-state index contributed by atoms with van der Waals surface area (Å²) >= 11 is 0. The molecule has 3 N–H and O–H groups in total. The van der Waals surface area contributed by atoms with E-state index in [-0.39, 0.29) is 19.0 Å². The minimum Gasteiger partial charge on any atom is -0.444 e. The second kappa shape index (κ2) is 5.36. The third-order valence-electron chi connectivity index (χ3n) is 3.24. The number of nitrogen functional groups attached to an aromatic ring is 1. The number of nitrogens with zero attached hydrogens (tertiary/aromatic N) is 3. The Morgan fingerprint density at radius 3 is 2.50 bits per heavy atom. The van der Waals surface area contributed by atoms with Crippen molar-refractivity contribution in [2.24, 2.45) is 0 Å². The van der Waals surface area contributed by atoms with Crippen molar-refractivity contribution in [3.63, 3.8) is 0 Å². The molecule has 1 amide bonds. The third kappa shape index (κ3) is 2.81. The fourth-order valence-electron chi connectivity index (χ4n) is 1.85. The number of nitrogens with one attached hydrogen (secondary N) is 1. The number of anilines is 1. The van der Waals surface area contributed by atoms with Gasteiger partial charge in [0.1, 0.15) is 12.3 Å². The predicted molar refractivity (Wildman–Crippen MR) is 73.9 cm³/mol. The Bertz CT molecular complexity index is 622. The number of amides is 1. The Labute approximate surface area is 117 Å². The predicted octanol–water partition coefficient (Wildman–Crippen LogP) is 1.00. The number of nitrogens with two attached hydrogens (primary N) is 1. The maximum atomic E-state index is 11.9. The number of aromatic nitrogens is 3. The van der Waals surface area contributed by atoms with E-state index >= 15 is 0 Å². The van der Waals surface area contributed by atoms with Gasteiger partial charge in [-0.15, -0.1) is 0 Å². The van der Waals surface area contributed by atoms with Gasteiger partial charge in [-0.1, -0.05) is 0 Å². The van der Waals surface area contributed by atoms with Gasteiger partial charge >= 0.3 is 0 Å². The zero-order valence-corrected chi connectivity index (χ0v) is 12.1. The van der Waals surface area contributed by atoms with Crippen LogP contribution in [0.5, 0.6) is 0 Å². The summed E-state index contributed by atoms with van der Waals surface area (Å²) in [6.45, 7) is 7.75. The van der Waals surface area contributed by atoms with Crippen LogP contribution in [-0.2, 0) is 17.9 Å². The van der Waals surface area contributed by atoms with E-state index in [2.05, 4.69) is 15.4 Å². The fraction of sp³-hybridized carbons (Fsp3) is 0.462. The molecule has 0 aliphatic heterocycles. The van der Waals surface area contributed by atoms with Gasteiger partial charge in [-0.05, 0) is 27.7 Å². The minimum atomic E-state index is -0.163. The first-order chi connectivity index (χ1) is 9.38. The summed E-state index contributed by atoms with van der Waals surface area (Å²) in [7, 11) is 0. The minimum absolute atomic E-state index is 0.128. The molecule has 7 nitrogen and oxygen atoms in total. The summed E-state index contributed by atoms with van der Waals surface area (Å²) in [4.78, 5) is 16.1. The molecule has 2 heterocycles. The lowest BCUT2D eigenvalue weighted by Crippen LogP contribution is -2.28. The highest BCUT2D eigenvalue weighted by atomic mass is 16.4. The van der Waals surface area contributed by atoms with E-state index in [4.69, 9.17) is 10.2 Å². The van der Waals surface area contributed by atoms with Crippen LogP contribution in [0.25, 0.3) is 0 Å². The summed E-state index contributed by atoms with van der Waals surface area (Å²) in [6, 6.07) is 0. The highest BCUT2D eigenvalue weighted by Crippen LogP contribution is 2.14. The molecule has 7 heteroatoms. The third-order valence-corrected chi connectivity index (χ3v) is 3.24. The lowest BCUT2D eigenvalue weighted by atomic mass is 10.3. The topological polar surface area (TPSA) is 99.0 Å². The second-order valence-corrected chi connectivity index (χ2v) is 4.77. The Kier molecular flexibility index (Phi) is 3.78. The van der Waals surface area contributed by atoms with Gasteiger partial charge in [0.15, 0.2) is 0 Å². The molecule has 0 saturated heterocycles. The fourth-order valence-corrected chi connectivity index (χ4v) is 1.85. The van der Waals surface area contributed by atoms with E-state index in [1.165, 1.54) is 0 Å². The van der Waals surface area contributed by atoms with Gasteiger partial charge in [-0.25, -0.2) is 4.98 Å². The monoisotopic (exact) mass is 277 g/mol. The van der Waals surface area contributed by atoms with Crippen LogP contribution in [0.3, 0.4) is 0 Å². The van der Waals surface area contributed by atoms with Crippen molar-refractivity contribution in [3.05, 3.63) is 28.7 Å². The van der Waals surface area contributed by atoms with Gasteiger partial charge in [0, 0.05) is 0 Å². The molecule has 0 atom stereocenters. The van der Waals surface area contributed by atoms with Crippen molar-refractivity contribution in [1.82, 2.24) is 20.1 Å². The van der Waals surface area contributed by atoms with E-state index in [9.17, 15) is 4.79 Å². The standard InChI is InChI=1S/C13H19N5O2/c1-7-10(4)20-12(16-7)5-15-11(19)6-18-9(3)13(14)8(2)17-18/h5-6,14H2,1-4H3,(H,15,19). The first-order valence-electron chi connectivity index (χ1n) is 6.37. The van der Waals surface area contributed by atoms with Gasteiger partial charge in [-0.3, -0.25) is 9.48 Å². The SMILES string of the molecule is Cc1nc(CNC(=O)Cn2nc(C)c(N)c2C)oc1C. The molecule has 0 bridgehead atoms. The van der Waals surface area contributed by atoms with Crippen molar-refractivity contribution in [2.75, 3.05) is 5.73 Å². The lowest BCUT2D eigenvalue weighted by molar-refractivity contribution is -0.122. The van der Waals surface area contributed by atoms with Crippen LogP contribution < -0.4 is 11.1 Å². The molecule has 2 aromatic rings. The van der Waals surface area contributed by atoms with Gasteiger partial charge in [-0.2, -0.15) is 5.10 Å². The molecule has 0 fully saturated rings. The van der Waals surface area contributed by atoms with Crippen molar-refractivity contribution in [1.29, 1.82) is 0 Å². The molecule has 2 aromatic heterocycles. The maximum absolute atomic E-state index is 11.9. The van der Waals surface area contributed by atoms with Crippen LogP contribution in [0.1, 0.15) is 28.7 Å². The Balaban J connectivity index is 1.94. The van der Waals surface area contributed by atoms with Gasteiger partial charge in [0.05, 0.1) is 29.3 Å². The second-order valence-electron chi connectivity index (χ2n) is 4.77. The summed E-state index contributed by atoms with van der Waals surface area (Å²) in [5.41, 5.74) is 8.80. The van der Waals surface area contributed by atoms with Gasteiger partial charge in [0.25, 0.3) is 0 Å². The highest BCUT2D eigenvalue weighted by molar-refractivity contribution is 5.75. The number of carbonyl (C=O) groups is 1. The number of hydrogen-bond acceptors (Lipinski definition) is 5. The summed E-state index contributed by atoms with van der Waals surface area (Å²) in [6.07, 6.45) is 0. The quantitative estimate of drug-likeness (QED) is 0.868. The van der Waals surface area contributed by atoms with Crippen LogP contribution >= 0.6 is 0 Å². The van der Waals surface area contributed by atoms with E-state index in [0.29, 0.717) is 11.6 Å². The van der Waals surface area contributed by atoms with Crippen molar-refractivity contribution in [2.45, 2.75) is 40.8 Å². The average Bonchev–Trinajstić information content (AvgIpc) is 2.83. The lowest BCUT2D eigenvalue weighted by Gasteiger charge is -2.05. The van der Waals surface area contributed by atoms with Crippen LogP contribution in [-0.4, -0.2) is 20.7 Å². The largest absolute Gasteiger partial charge is 0.444 e. The van der Waals surface area contributed by atoms with E-state index < -0.39 is 0 Å². The van der Waals surface area contributed by atoms with Crippen molar-refractivity contribution in [3.8, 4) is 0 Å². The molecule has 20 heavy (non-hydrogen) atoms. The molecule has 0 saturated carbocycles. The Hall–Kier alpha value is -2.31. The first-order valence-corrected chi connectivity index (χ1v) is 6.37. The average molecular weight is 277 g/mol. The van der Waals surface area contributed by atoms with Crippen LogP contribution in [0, 0.1) is 27.7 Å². The summed E-state index contributed by atoms with van der Waals surface area (Å²) < 4.78 is 6.98. The molecule has 2 rings (SSSR count). The van der Waals surface area contributed by atoms with Crippen molar-refractivity contribution < 1.29 is 9.21 Å². The van der Waals surface area contributed by atoms with E-state index in [0.717, 1.165) is 22.8 Å².